The Kier molecular flexibility index (Phi) is 11.4. The fourth-order valence-electron chi connectivity index (χ4n) is 7.56. The topological polar surface area (TPSA) is 115 Å². The molecule has 0 radical (unpaired) electrons. The van der Waals surface area contributed by atoms with Crippen molar-refractivity contribution in [3.63, 3.8) is 0 Å². The van der Waals surface area contributed by atoms with E-state index in [-0.39, 0.29) is 23.4 Å². The van der Waals surface area contributed by atoms with E-state index in [1.807, 2.05) is 47.2 Å². The summed E-state index contributed by atoms with van der Waals surface area (Å²) in [6.07, 6.45) is 4.55. The van der Waals surface area contributed by atoms with Gasteiger partial charge in [0.25, 0.3) is 0 Å². The molecule has 2 fully saturated rings. The van der Waals surface area contributed by atoms with Crippen LogP contribution in [0.4, 0.5) is 0 Å². The zero-order valence-electron chi connectivity index (χ0n) is 34.0. The van der Waals surface area contributed by atoms with Gasteiger partial charge >= 0.3 is 0 Å². The number of hydrogen-bond donors (Lipinski definition) is 1. The van der Waals surface area contributed by atoms with E-state index in [1.165, 1.54) is 0 Å². The summed E-state index contributed by atoms with van der Waals surface area (Å²) in [7, 11) is -0.337. The van der Waals surface area contributed by atoms with Crippen molar-refractivity contribution in [2.45, 2.75) is 114 Å². The van der Waals surface area contributed by atoms with Crippen molar-refractivity contribution >= 4 is 19.5 Å². The second kappa shape index (κ2) is 16.0. The zero-order chi connectivity index (χ0) is 39.7. The Morgan fingerprint density at radius 1 is 0.804 bits per heavy atom. The standard InChI is InChI=1S/C44H57N5O6Si/c1-42(2,3)56(7,8)52-28-35-37-38(55-43(4,5)54-37)41(53-35)49-30-46-36-39(45)48(29-47-40(36)49)26-16-11-17-27-51-44(31-18-12-9-13-19-31,32-20-14-10-15-21-32)33-22-24-34(50-6)25-23-33/h9-10,12-15,18-25,29-30,35,37-38,41,45H,11,16-17,26-28H2,1-8H3/t35-,37-,38-,41-/m1/s1. The molecule has 2 aliphatic heterocycles. The number of unbranched alkanes of at least 4 members (excludes halogenated alkanes) is 2. The van der Waals surface area contributed by atoms with Crippen LogP contribution < -0.4 is 10.2 Å². The number of benzene rings is 3. The Hall–Kier alpha value is -4.17. The van der Waals surface area contributed by atoms with Crippen LogP contribution in [0.25, 0.3) is 11.2 Å². The van der Waals surface area contributed by atoms with Crippen LogP contribution in [0.2, 0.25) is 18.1 Å². The SMILES string of the molecule is COc1ccc(C(OCCCCCn2cnc3c(ncn3[C@@H]3O[C@H](CO[Si](C)(C)C(C)(C)C)[C@H]4OC(C)(C)O[C@H]43)c2=N)(c2ccccc2)c2ccccc2)cc1. The van der Waals surface area contributed by atoms with Gasteiger partial charge in [-0.2, -0.15) is 0 Å². The van der Waals surface area contributed by atoms with Crippen LogP contribution in [0.3, 0.4) is 0 Å². The molecule has 4 heterocycles. The van der Waals surface area contributed by atoms with Crippen molar-refractivity contribution in [2.24, 2.45) is 0 Å². The molecule has 2 saturated heterocycles. The molecular weight excluding hydrogens is 723 g/mol. The Balaban J connectivity index is 1.02. The number of ether oxygens (including phenoxy) is 5. The van der Waals surface area contributed by atoms with Gasteiger partial charge in [-0.3, -0.25) is 9.98 Å². The Morgan fingerprint density at radius 2 is 1.43 bits per heavy atom. The van der Waals surface area contributed by atoms with Crippen molar-refractivity contribution in [3.05, 3.63) is 120 Å². The highest BCUT2D eigenvalue weighted by atomic mass is 28.4. The third kappa shape index (κ3) is 7.87. The van der Waals surface area contributed by atoms with E-state index in [0.717, 1.165) is 41.7 Å². The maximum Gasteiger partial charge on any atom is 0.192 e. The van der Waals surface area contributed by atoms with Gasteiger partial charge in [0.05, 0.1) is 26.4 Å². The van der Waals surface area contributed by atoms with Crippen LogP contribution in [0, 0.1) is 5.41 Å². The lowest BCUT2D eigenvalue weighted by Crippen LogP contribution is -2.44. The van der Waals surface area contributed by atoms with Crippen LogP contribution in [0.5, 0.6) is 5.75 Å². The van der Waals surface area contributed by atoms with Crippen molar-refractivity contribution < 1.29 is 28.1 Å². The first-order valence-corrected chi connectivity index (χ1v) is 22.7. The van der Waals surface area contributed by atoms with Gasteiger partial charge < -0.3 is 32.7 Å². The molecule has 3 aromatic carbocycles. The van der Waals surface area contributed by atoms with Crippen molar-refractivity contribution in [1.29, 1.82) is 5.41 Å². The Bertz CT molecular complexity index is 2090. The summed E-state index contributed by atoms with van der Waals surface area (Å²) in [5.41, 5.74) is 3.78. The summed E-state index contributed by atoms with van der Waals surface area (Å²) >= 11 is 0. The van der Waals surface area contributed by atoms with E-state index >= 15 is 0 Å². The van der Waals surface area contributed by atoms with Crippen LogP contribution >= 0.6 is 0 Å². The highest BCUT2D eigenvalue weighted by molar-refractivity contribution is 6.74. The van der Waals surface area contributed by atoms with E-state index in [9.17, 15) is 0 Å². The number of aryl methyl sites for hydroxylation is 1. The van der Waals surface area contributed by atoms with Gasteiger partial charge in [0, 0.05) is 13.2 Å². The number of nitrogens with one attached hydrogen (secondary N) is 1. The highest BCUT2D eigenvalue weighted by Crippen LogP contribution is 2.45. The summed E-state index contributed by atoms with van der Waals surface area (Å²) < 4.78 is 42.2. The van der Waals surface area contributed by atoms with Gasteiger partial charge in [-0.05, 0) is 80.1 Å². The third-order valence-corrected chi connectivity index (χ3v) is 16.1. The van der Waals surface area contributed by atoms with E-state index in [1.54, 1.807) is 19.8 Å². The Morgan fingerprint density at radius 3 is 2.05 bits per heavy atom. The fourth-order valence-corrected chi connectivity index (χ4v) is 8.57. The molecule has 2 aliphatic rings. The molecule has 1 N–H and O–H groups in total. The molecule has 0 spiro atoms. The summed E-state index contributed by atoms with van der Waals surface area (Å²) in [6.45, 7) is 16.6. The summed E-state index contributed by atoms with van der Waals surface area (Å²) in [5, 5.41) is 9.15. The molecule has 4 atom stereocenters. The van der Waals surface area contributed by atoms with Gasteiger partial charge in [-0.25, -0.2) is 9.97 Å². The molecule has 7 rings (SSSR count). The van der Waals surface area contributed by atoms with Gasteiger partial charge in [0.15, 0.2) is 31.5 Å². The highest BCUT2D eigenvalue weighted by Gasteiger charge is 2.56. The van der Waals surface area contributed by atoms with Crippen LogP contribution in [-0.2, 0) is 35.5 Å². The number of hydrogen-bond acceptors (Lipinski definition) is 9. The molecule has 11 nitrogen and oxygen atoms in total. The van der Waals surface area contributed by atoms with E-state index in [2.05, 4.69) is 99.5 Å². The predicted molar refractivity (Wildman–Crippen MR) is 218 cm³/mol. The minimum Gasteiger partial charge on any atom is -0.497 e. The lowest BCUT2D eigenvalue weighted by atomic mass is 9.80. The van der Waals surface area contributed by atoms with Crippen LogP contribution in [-0.4, -0.2) is 71.8 Å². The number of fused-ring (bicyclic) bond motifs is 2. The van der Waals surface area contributed by atoms with Crippen molar-refractivity contribution in [2.75, 3.05) is 20.3 Å². The number of aromatic nitrogens is 4. The Labute approximate surface area is 331 Å². The number of nitrogens with zero attached hydrogens (tertiary/aromatic N) is 4. The molecule has 0 unspecified atom stereocenters. The maximum absolute atomic E-state index is 9.08. The maximum atomic E-state index is 9.08. The largest absolute Gasteiger partial charge is 0.497 e. The van der Waals surface area contributed by atoms with Gasteiger partial charge in [0.2, 0.25) is 0 Å². The second-order valence-corrected chi connectivity index (χ2v) is 21.7. The number of rotatable bonds is 15. The van der Waals surface area contributed by atoms with Gasteiger partial charge in [-0.15, -0.1) is 0 Å². The molecule has 0 amide bonds. The minimum atomic E-state index is -2.02. The molecule has 0 bridgehead atoms. The average Bonchev–Trinajstić information content (AvgIpc) is 3.85. The van der Waals surface area contributed by atoms with Crippen LogP contribution in [0.15, 0.2) is 97.6 Å². The predicted octanol–water partition coefficient (Wildman–Crippen LogP) is 8.34. The molecular formula is C44H57N5O6Si. The minimum absolute atomic E-state index is 0.0728. The van der Waals surface area contributed by atoms with Crippen molar-refractivity contribution in [1.82, 2.24) is 19.1 Å². The summed E-state index contributed by atoms with van der Waals surface area (Å²) in [5.74, 6) is 0.0402. The third-order valence-electron chi connectivity index (χ3n) is 11.6. The fraction of sp³-hybridized carbons (Fsp3) is 0.477. The summed E-state index contributed by atoms with van der Waals surface area (Å²) in [4.78, 5) is 9.47. The first-order chi connectivity index (χ1) is 26.7. The van der Waals surface area contributed by atoms with E-state index < -0.39 is 25.9 Å². The first-order valence-electron chi connectivity index (χ1n) is 19.8. The molecule has 0 aliphatic carbocycles. The van der Waals surface area contributed by atoms with Gasteiger partial charge in [-0.1, -0.05) is 93.6 Å². The van der Waals surface area contributed by atoms with Crippen LogP contribution in [0.1, 0.15) is 76.8 Å². The molecule has 56 heavy (non-hydrogen) atoms. The number of methoxy groups -OCH3 is 1. The smallest absolute Gasteiger partial charge is 0.192 e. The molecule has 12 heteroatoms. The molecule has 5 aromatic rings. The monoisotopic (exact) mass is 779 g/mol. The average molecular weight is 780 g/mol. The molecule has 2 aromatic heterocycles. The lowest BCUT2D eigenvalue weighted by Gasteiger charge is -2.37. The molecule has 298 valence electrons. The van der Waals surface area contributed by atoms with E-state index in [4.69, 9.17) is 38.5 Å². The summed E-state index contributed by atoms with van der Waals surface area (Å²) in [6, 6.07) is 29.0. The lowest BCUT2D eigenvalue weighted by molar-refractivity contribution is -0.199. The first kappa shape index (κ1) is 40.0. The number of imidazole rings is 1. The van der Waals surface area contributed by atoms with Gasteiger partial charge in [0.1, 0.15) is 35.2 Å². The second-order valence-electron chi connectivity index (χ2n) is 16.9. The zero-order valence-corrected chi connectivity index (χ0v) is 35.0. The van der Waals surface area contributed by atoms with E-state index in [0.29, 0.717) is 36.4 Å². The van der Waals surface area contributed by atoms with Crippen molar-refractivity contribution in [3.8, 4) is 5.75 Å². The quantitative estimate of drug-likeness (QED) is 0.0641. The molecule has 0 saturated carbocycles. The normalized spacial score (nSPS) is 21.1.